The minimum absolute atomic E-state index is 0.00928. The van der Waals surface area contributed by atoms with Gasteiger partial charge in [-0.05, 0) is 66.0 Å². The van der Waals surface area contributed by atoms with Gasteiger partial charge in [-0.25, -0.2) is 9.97 Å². The standard InChI is InChI=1S/C18H16IN3OS2/c19-12-6-2-3-7-13(12)22-15(23)9-24-17-16-11-5-1-4-8-14(11)25-18(16)21-10-20-17/h2-3,6-7,10H,1,4-5,8-9H2,(H,22,23). The van der Waals surface area contributed by atoms with Gasteiger partial charge in [0.2, 0.25) is 5.91 Å². The molecule has 0 spiro atoms. The van der Waals surface area contributed by atoms with Crippen molar-refractivity contribution in [1.29, 1.82) is 0 Å². The van der Waals surface area contributed by atoms with Gasteiger partial charge >= 0.3 is 0 Å². The number of fused-ring (bicyclic) bond motifs is 3. The van der Waals surface area contributed by atoms with Gasteiger partial charge in [-0.3, -0.25) is 4.79 Å². The van der Waals surface area contributed by atoms with E-state index in [1.165, 1.54) is 40.4 Å². The minimum atomic E-state index is -0.00928. The number of para-hydroxylation sites is 1. The Morgan fingerprint density at radius 2 is 2.08 bits per heavy atom. The van der Waals surface area contributed by atoms with Crippen molar-refractivity contribution in [3.05, 3.63) is 44.6 Å². The molecular weight excluding hydrogens is 465 g/mol. The predicted octanol–water partition coefficient (Wildman–Crippen LogP) is 4.91. The summed E-state index contributed by atoms with van der Waals surface area (Å²) in [6.07, 6.45) is 6.35. The molecule has 0 aliphatic heterocycles. The predicted molar refractivity (Wildman–Crippen MR) is 113 cm³/mol. The number of aryl methyl sites for hydroxylation is 2. The van der Waals surface area contributed by atoms with Gasteiger partial charge in [0.1, 0.15) is 16.2 Å². The monoisotopic (exact) mass is 481 g/mol. The van der Waals surface area contributed by atoms with Crippen molar-refractivity contribution in [1.82, 2.24) is 9.97 Å². The summed E-state index contributed by atoms with van der Waals surface area (Å²) in [5.74, 6) is 0.340. The largest absolute Gasteiger partial charge is 0.324 e. The van der Waals surface area contributed by atoms with Crippen molar-refractivity contribution in [2.45, 2.75) is 30.7 Å². The normalized spacial score (nSPS) is 13.6. The Bertz CT molecular complexity index is 941. The number of hydrogen-bond acceptors (Lipinski definition) is 5. The van der Waals surface area contributed by atoms with Crippen LogP contribution in [0.4, 0.5) is 5.69 Å². The second kappa shape index (κ2) is 7.59. The zero-order chi connectivity index (χ0) is 17.2. The second-order valence-electron chi connectivity index (χ2n) is 5.89. The first-order valence-electron chi connectivity index (χ1n) is 8.15. The average Bonchev–Trinajstić information content (AvgIpc) is 3.01. The van der Waals surface area contributed by atoms with Crippen molar-refractivity contribution in [3.63, 3.8) is 0 Å². The molecule has 0 saturated carbocycles. The van der Waals surface area contributed by atoms with Crippen LogP contribution in [-0.4, -0.2) is 21.6 Å². The summed E-state index contributed by atoms with van der Waals surface area (Å²) >= 11 is 5.52. The Balaban J connectivity index is 1.52. The number of nitrogens with one attached hydrogen (secondary N) is 1. The molecule has 3 aromatic rings. The maximum absolute atomic E-state index is 12.3. The number of anilines is 1. The third-order valence-electron chi connectivity index (χ3n) is 4.20. The fraction of sp³-hybridized carbons (Fsp3) is 0.278. The Kier molecular flexibility index (Phi) is 5.23. The molecule has 0 saturated heterocycles. The summed E-state index contributed by atoms with van der Waals surface area (Å²) in [6.45, 7) is 0. The summed E-state index contributed by atoms with van der Waals surface area (Å²) in [6, 6.07) is 7.79. The molecule has 7 heteroatoms. The van der Waals surface area contributed by atoms with E-state index < -0.39 is 0 Å². The molecule has 1 aliphatic rings. The number of rotatable bonds is 4. The van der Waals surface area contributed by atoms with Crippen molar-refractivity contribution in [2.75, 3.05) is 11.1 Å². The lowest BCUT2D eigenvalue weighted by atomic mass is 9.97. The van der Waals surface area contributed by atoms with Gasteiger partial charge in [-0.2, -0.15) is 0 Å². The van der Waals surface area contributed by atoms with E-state index in [0.717, 1.165) is 32.0 Å². The highest BCUT2D eigenvalue weighted by molar-refractivity contribution is 14.1. The quantitative estimate of drug-likeness (QED) is 0.327. The highest BCUT2D eigenvalue weighted by Gasteiger charge is 2.20. The fourth-order valence-electron chi connectivity index (χ4n) is 3.05. The smallest absolute Gasteiger partial charge is 0.234 e. The Labute approximate surface area is 168 Å². The van der Waals surface area contributed by atoms with Crippen LogP contribution in [0.3, 0.4) is 0 Å². The highest BCUT2D eigenvalue weighted by atomic mass is 127. The van der Waals surface area contributed by atoms with Crippen LogP contribution in [0.15, 0.2) is 35.6 Å². The number of carbonyl (C=O) groups is 1. The molecule has 0 fully saturated rings. The number of thioether (sulfide) groups is 1. The van der Waals surface area contributed by atoms with E-state index in [4.69, 9.17) is 0 Å². The molecule has 25 heavy (non-hydrogen) atoms. The van der Waals surface area contributed by atoms with E-state index in [1.54, 1.807) is 17.7 Å². The SMILES string of the molecule is O=C(CSc1ncnc2sc3c(c12)CCCC3)Nc1ccccc1I. The molecule has 128 valence electrons. The molecule has 4 nitrogen and oxygen atoms in total. The molecule has 1 amide bonds. The van der Waals surface area contributed by atoms with Crippen molar-refractivity contribution < 1.29 is 4.79 Å². The molecule has 0 unspecified atom stereocenters. The third-order valence-corrected chi connectivity index (χ3v) is 7.33. The van der Waals surface area contributed by atoms with Crippen LogP contribution < -0.4 is 5.32 Å². The van der Waals surface area contributed by atoms with E-state index in [2.05, 4.69) is 37.9 Å². The minimum Gasteiger partial charge on any atom is -0.324 e. The first-order chi connectivity index (χ1) is 12.2. The number of amides is 1. The van der Waals surface area contributed by atoms with Gasteiger partial charge in [0.15, 0.2) is 0 Å². The van der Waals surface area contributed by atoms with Crippen molar-refractivity contribution >= 4 is 67.5 Å². The van der Waals surface area contributed by atoms with Crippen LogP contribution in [0.2, 0.25) is 0 Å². The number of hydrogen-bond donors (Lipinski definition) is 1. The summed E-state index contributed by atoms with van der Waals surface area (Å²) in [4.78, 5) is 23.7. The van der Waals surface area contributed by atoms with E-state index >= 15 is 0 Å². The highest BCUT2D eigenvalue weighted by Crippen LogP contribution is 2.39. The second-order valence-corrected chi connectivity index (χ2v) is 9.10. The average molecular weight is 481 g/mol. The number of halogens is 1. The van der Waals surface area contributed by atoms with Crippen LogP contribution in [0, 0.1) is 3.57 Å². The molecule has 2 aromatic heterocycles. The number of nitrogens with zero attached hydrogens (tertiary/aromatic N) is 2. The van der Waals surface area contributed by atoms with E-state index in [-0.39, 0.29) is 5.91 Å². The van der Waals surface area contributed by atoms with E-state index in [0.29, 0.717) is 5.75 Å². The lowest BCUT2D eigenvalue weighted by molar-refractivity contribution is -0.113. The van der Waals surface area contributed by atoms with Crippen molar-refractivity contribution in [2.24, 2.45) is 0 Å². The van der Waals surface area contributed by atoms with Crippen LogP contribution >= 0.6 is 45.7 Å². The maximum Gasteiger partial charge on any atom is 0.234 e. The van der Waals surface area contributed by atoms with Crippen molar-refractivity contribution in [3.8, 4) is 0 Å². The number of thiophene rings is 1. The molecule has 4 rings (SSSR count). The van der Waals surface area contributed by atoms with Gasteiger partial charge in [-0.15, -0.1) is 11.3 Å². The fourth-order valence-corrected chi connectivity index (χ4v) is 5.70. The summed E-state index contributed by atoms with van der Waals surface area (Å²) in [5, 5.41) is 5.08. The zero-order valence-electron chi connectivity index (χ0n) is 13.4. The van der Waals surface area contributed by atoms with Crippen LogP contribution in [0.1, 0.15) is 23.3 Å². The van der Waals surface area contributed by atoms with Gasteiger partial charge in [-0.1, -0.05) is 23.9 Å². The topological polar surface area (TPSA) is 54.9 Å². The zero-order valence-corrected chi connectivity index (χ0v) is 17.2. The number of aromatic nitrogens is 2. The summed E-state index contributed by atoms with van der Waals surface area (Å²) in [5.41, 5.74) is 2.27. The first kappa shape index (κ1) is 17.2. The molecule has 0 bridgehead atoms. The molecule has 0 atom stereocenters. The first-order valence-corrected chi connectivity index (χ1v) is 11.0. The van der Waals surface area contributed by atoms with Crippen LogP contribution in [0.25, 0.3) is 10.2 Å². The van der Waals surface area contributed by atoms with E-state index in [9.17, 15) is 4.79 Å². The molecule has 0 radical (unpaired) electrons. The van der Waals surface area contributed by atoms with Gasteiger partial charge < -0.3 is 5.32 Å². The van der Waals surface area contributed by atoms with Gasteiger partial charge in [0.05, 0.1) is 11.4 Å². The van der Waals surface area contributed by atoms with E-state index in [1.807, 2.05) is 24.3 Å². The maximum atomic E-state index is 12.3. The molecule has 1 N–H and O–H groups in total. The van der Waals surface area contributed by atoms with Crippen LogP contribution in [-0.2, 0) is 17.6 Å². The molecule has 2 heterocycles. The van der Waals surface area contributed by atoms with Crippen LogP contribution in [0.5, 0.6) is 0 Å². The van der Waals surface area contributed by atoms with Gasteiger partial charge in [0.25, 0.3) is 0 Å². The lowest BCUT2D eigenvalue weighted by Crippen LogP contribution is -2.15. The molecule has 1 aliphatic carbocycles. The Hall–Kier alpha value is -1.19. The number of benzene rings is 1. The molecule has 1 aromatic carbocycles. The summed E-state index contributed by atoms with van der Waals surface area (Å²) in [7, 11) is 0. The Morgan fingerprint density at radius 3 is 2.96 bits per heavy atom. The summed E-state index contributed by atoms with van der Waals surface area (Å²) < 4.78 is 1.04. The molecular formula is C18H16IN3OS2. The third kappa shape index (κ3) is 3.68. The lowest BCUT2D eigenvalue weighted by Gasteiger charge is -2.11. The Morgan fingerprint density at radius 1 is 1.24 bits per heavy atom. The van der Waals surface area contributed by atoms with Gasteiger partial charge in [0, 0.05) is 13.8 Å². The number of carbonyl (C=O) groups excluding carboxylic acids is 1.